The van der Waals surface area contributed by atoms with Crippen LogP contribution in [-0.2, 0) is 9.84 Å². The van der Waals surface area contributed by atoms with Gasteiger partial charge < -0.3 is 20.5 Å². The summed E-state index contributed by atoms with van der Waals surface area (Å²) in [6, 6.07) is 13.6. The molecule has 40 heavy (non-hydrogen) atoms. The van der Waals surface area contributed by atoms with E-state index in [0.717, 1.165) is 32.2 Å². The topological polar surface area (TPSA) is 126 Å². The molecule has 1 aliphatic rings. The molecule has 0 aliphatic carbocycles. The number of sulfone groups is 1. The number of ether oxygens (including phenoxy) is 2. The fourth-order valence-electron chi connectivity index (χ4n) is 4.72. The number of rotatable bonds is 8. The monoisotopic (exact) mass is 600 g/mol. The Morgan fingerprint density at radius 3 is 2.62 bits per heavy atom. The van der Waals surface area contributed by atoms with Crippen LogP contribution < -0.4 is 20.5 Å². The van der Waals surface area contributed by atoms with E-state index in [1.54, 1.807) is 29.1 Å². The van der Waals surface area contributed by atoms with E-state index in [1.807, 2.05) is 25.1 Å². The molecule has 3 aromatic carbocycles. The lowest BCUT2D eigenvalue weighted by Gasteiger charge is -2.25. The Morgan fingerprint density at radius 1 is 1.18 bits per heavy atom. The standard InChI is InChI=1S/C28H29ClN4O5S2/c1-16(20-4-3-5-24(26(20)29)38-18-8-10-31-11-9-18)37-25-13-17(12-21(27(25)39)28(30)34)33-15-32-22-14-19(40(2,35)36)6-7-23(22)33/h3-7,12-16,18,31,39H,8-11H2,1-2H3,(H2,30,34)/t16-/m1/s1. The molecule has 1 saturated heterocycles. The van der Waals surface area contributed by atoms with Gasteiger partial charge in [-0.2, -0.15) is 0 Å². The molecule has 3 N–H and O–H groups in total. The van der Waals surface area contributed by atoms with Crippen LogP contribution in [0.25, 0.3) is 16.7 Å². The number of piperidine rings is 1. The molecule has 0 unspecified atom stereocenters. The summed E-state index contributed by atoms with van der Waals surface area (Å²) in [4.78, 5) is 17.1. The van der Waals surface area contributed by atoms with Crippen molar-refractivity contribution in [3.8, 4) is 17.2 Å². The average molecular weight is 601 g/mol. The maximum absolute atomic E-state index is 12.3. The van der Waals surface area contributed by atoms with Crippen LogP contribution in [0.1, 0.15) is 41.8 Å². The predicted molar refractivity (Wildman–Crippen MR) is 157 cm³/mol. The van der Waals surface area contributed by atoms with Gasteiger partial charge in [-0.1, -0.05) is 23.7 Å². The first-order valence-corrected chi connectivity index (χ1v) is 15.4. The Hall–Kier alpha value is -3.25. The molecule has 1 aliphatic heterocycles. The summed E-state index contributed by atoms with van der Waals surface area (Å²) in [6.07, 6.45) is 4.04. The number of benzene rings is 3. The van der Waals surface area contributed by atoms with Crippen LogP contribution in [0.5, 0.6) is 11.5 Å². The average Bonchev–Trinajstić information content (AvgIpc) is 3.34. The highest BCUT2D eigenvalue weighted by atomic mass is 35.5. The van der Waals surface area contributed by atoms with Crippen molar-refractivity contribution in [2.24, 2.45) is 5.73 Å². The molecular formula is C28H29ClN4O5S2. The van der Waals surface area contributed by atoms with Crippen molar-refractivity contribution >= 4 is 51.0 Å². The number of nitrogens with two attached hydrogens (primary N) is 1. The van der Waals surface area contributed by atoms with E-state index in [9.17, 15) is 13.2 Å². The van der Waals surface area contributed by atoms with Crippen molar-refractivity contribution in [3.63, 3.8) is 0 Å². The maximum atomic E-state index is 12.3. The largest absolute Gasteiger partial charge is 0.489 e. The van der Waals surface area contributed by atoms with Gasteiger partial charge in [0.1, 0.15) is 30.0 Å². The van der Waals surface area contributed by atoms with E-state index in [1.165, 1.54) is 12.1 Å². The number of hydrogen-bond donors (Lipinski definition) is 3. The number of carbonyl (C=O) groups excluding carboxylic acids is 1. The van der Waals surface area contributed by atoms with Crippen molar-refractivity contribution in [1.82, 2.24) is 14.9 Å². The van der Waals surface area contributed by atoms with Gasteiger partial charge in [-0.25, -0.2) is 13.4 Å². The summed E-state index contributed by atoms with van der Waals surface area (Å²) in [5.41, 5.74) is 8.22. The minimum absolute atomic E-state index is 0.0857. The third-order valence-corrected chi connectivity index (χ3v) is 8.84. The number of primary amides is 1. The summed E-state index contributed by atoms with van der Waals surface area (Å²) in [7, 11) is -3.40. The highest BCUT2D eigenvalue weighted by molar-refractivity contribution is 7.90. The number of nitrogens with one attached hydrogen (secondary N) is 1. The van der Waals surface area contributed by atoms with E-state index >= 15 is 0 Å². The first kappa shape index (κ1) is 28.3. The Balaban J connectivity index is 1.49. The molecule has 2 heterocycles. The molecule has 9 nitrogen and oxygen atoms in total. The van der Waals surface area contributed by atoms with Gasteiger partial charge in [0.2, 0.25) is 5.91 Å². The third kappa shape index (κ3) is 5.78. The molecule has 0 saturated carbocycles. The smallest absolute Gasteiger partial charge is 0.250 e. The molecule has 4 aromatic rings. The van der Waals surface area contributed by atoms with Gasteiger partial charge in [0.15, 0.2) is 9.84 Å². The summed E-state index contributed by atoms with van der Waals surface area (Å²) in [6.45, 7) is 3.64. The molecular weight excluding hydrogens is 572 g/mol. The van der Waals surface area contributed by atoms with Gasteiger partial charge in [0.25, 0.3) is 0 Å². The molecule has 0 bridgehead atoms. The number of imidazole rings is 1. The highest BCUT2D eigenvalue weighted by Gasteiger charge is 2.22. The van der Waals surface area contributed by atoms with Gasteiger partial charge in [-0.15, -0.1) is 12.6 Å². The number of nitrogens with zero attached hydrogens (tertiary/aromatic N) is 2. The first-order chi connectivity index (χ1) is 19.0. The highest BCUT2D eigenvalue weighted by Crippen LogP contribution is 2.38. The summed E-state index contributed by atoms with van der Waals surface area (Å²) < 4.78 is 38.2. The van der Waals surface area contributed by atoms with Gasteiger partial charge in [0, 0.05) is 17.9 Å². The lowest BCUT2D eigenvalue weighted by molar-refractivity contribution is 0.0996. The lowest BCUT2D eigenvalue weighted by atomic mass is 10.1. The Kier molecular flexibility index (Phi) is 8.01. The molecule has 1 aromatic heterocycles. The number of thiol groups is 1. The molecule has 1 atom stereocenters. The van der Waals surface area contributed by atoms with Crippen LogP contribution >= 0.6 is 24.2 Å². The van der Waals surface area contributed by atoms with Crippen molar-refractivity contribution in [1.29, 1.82) is 0 Å². The summed E-state index contributed by atoms with van der Waals surface area (Å²) in [5, 5.41) is 3.78. The SMILES string of the molecule is C[C@@H](Oc1cc(-n2cnc3cc(S(C)(=O)=O)ccc32)cc(C(N)=O)c1S)c1cccc(OC2CCNCC2)c1Cl. The fourth-order valence-corrected chi connectivity index (χ4v) is 5.98. The van der Waals surface area contributed by atoms with Crippen LogP contribution in [0.15, 0.2) is 64.6 Å². The zero-order valence-corrected chi connectivity index (χ0v) is 24.4. The number of hydrogen-bond acceptors (Lipinski definition) is 8. The van der Waals surface area contributed by atoms with Crippen molar-refractivity contribution in [2.45, 2.75) is 41.8 Å². The van der Waals surface area contributed by atoms with Crippen molar-refractivity contribution in [2.75, 3.05) is 19.3 Å². The molecule has 5 rings (SSSR count). The van der Waals surface area contributed by atoms with Crippen LogP contribution in [0.4, 0.5) is 0 Å². The molecule has 0 spiro atoms. The Morgan fingerprint density at radius 2 is 1.93 bits per heavy atom. The first-order valence-electron chi connectivity index (χ1n) is 12.7. The molecule has 1 fully saturated rings. The Bertz CT molecular complexity index is 1700. The number of amides is 1. The van der Waals surface area contributed by atoms with Crippen LogP contribution in [-0.4, -0.2) is 49.3 Å². The number of carbonyl (C=O) groups is 1. The predicted octanol–water partition coefficient (Wildman–Crippen LogP) is 4.74. The molecule has 12 heteroatoms. The van der Waals surface area contributed by atoms with Gasteiger partial charge >= 0.3 is 0 Å². The lowest BCUT2D eigenvalue weighted by Crippen LogP contribution is -2.34. The zero-order chi connectivity index (χ0) is 28.6. The van der Waals surface area contributed by atoms with Crippen molar-refractivity contribution < 1.29 is 22.7 Å². The minimum Gasteiger partial charge on any atom is -0.489 e. The van der Waals surface area contributed by atoms with E-state index in [-0.39, 0.29) is 21.5 Å². The fraction of sp³-hybridized carbons (Fsp3) is 0.286. The summed E-state index contributed by atoms with van der Waals surface area (Å²) >= 11 is 11.3. The van der Waals surface area contributed by atoms with Gasteiger partial charge in [-0.05, 0) is 63.2 Å². The normalized spacial score (nSPS) is 15.2. The molecule has 1 amide bonds. The van der Waals surface area contributed by atoms with E-state index < -0.39 is 21.8 Å². The van der Waals surface area contributed by atoms with Gasteiger partial charge in [0.05, 0.1) is 37.1 Å². The maximum Gasteiger partial charge on any atom is 0.250 e. The molecule has 210 valence electrons. The summed E-state index contributed by atoms with van der Waals surface area (Å²) in [5.74, 6) is 0.235. The molecule has 0 radical (unpaired) electrons. The quantitative estimate of drug-likeness (QED) is 0.249. The zero-order valence-electron chi connectivity index (χ0n) is 21.9. The van der Waals surface area contributed by atoms with E-state index in [4.69, 9.17) is 26.8 Å². The van der Waals surface area contributed by atoms with Crippen molar-refractivity contribution in [3.05, 3.63) is 71.0 Å². The Labute approximate surface area is 243 Å². The van der Waals surface area contributed by atoms with E-state index in [0.29, 0.717) is 38.8 Å². The number of aromatic nitrogens is 2. The number of halogens is 1. The van der Waals surface area contributed by atoms with E-state index in [2.05, 4.69) is 22.9 Å². The second-order valence-corrected chi connectivity index (χ2v) is 12.6. The second-order valence-electron chi connectivity index (χ2n) is 9.73. The second kappa shape index (κ2) is 11.3. The van der Waals surface area contributed by atoms with Gasteiger partial charge in [-0.3, -0.25) is 9.36 Å². The minimum atomic E-state index is -3.40. The van der Waals surface area contributed by atoms with Crippen LogP contribution in [0.2, 0.25) is 5.02 Å². The van der Waals surface area contributed by atoms with Crippen LogP contribution in [0, 0.1) is 0 Å². The third-order valence-electron chi connectivity index (χ3n) is 6.86. The number of fused-ring (bicyclic) bond motifs is 1. The van der Waals surface area contributed by atoms with Crippen LogP contribution in [0.3, 0.4) is 0 Å².